The topological polar surface area (TPSA) is 94.4 Å². The lowest BCUT2D eigenvalue weighted by Crippen LogP contribution is -2.70. The van der Waals surface area contributed by atoms with E-state index in [1.807, 2.05) is 0 Å². The molecule has 0 unspecified atom stereocenters. The van der Waals surface area contributed by atoms with E-state index in [0.717, 1.165) is 0 Å². The summed E-state index contributed by atoms with van der Waals surface area (Å²) in [4.78, 5) is 17.7. The fourth-order valence-corrected chi connectivity index (χ4v) is 5.24. The van der Waals surface area contributed by atoms with Crippen molar-refractivity contribution in [2.75, 3.05) is 25.4 Å². The number of hydrogen-bond acceptors (Lipinski definition) is 6. The van der Waals surface area contributed by atoms with Crippen LogP contribution in [-0.2, 0) is 21.1 Å². The first-order valence-electron chi connectivity index (χ1n) is 8.10. The van der Waals surface area contributed by atoms with E-state index in [2.05, 4.69) is 10.1 Å². The number of benzene rings is 1. The standard InChI is InChI=1S/C16H17FN4O4S/c17-13-3-1-12(2-4-13)15(22)20-7-16(8-20)9-26(23,24)14(6-25-16)5-21-11-18-10-19-21/h1-4,10-11,14H,5-9H2/t14-/m0/s1. The molecule has 0 bridgehead atoms. The number of likely N-dealkylation sites (tertiary alicyclic amines) is 1. The fraction of sp³-hybridized carbons (Fsp3) is 0.438. The number of amides is 1. The Morgan fingerprint density at radius 2 is 2.04 bits per heavy atom. The second kappa shape index (κ2) is 6.13. The van der Waals surface area contributed by atoms with Crippen LogP contribution in [0, 0.1) is 5.82 Å². The summed E-state index contributed by atoms with van der Waals surface area (Å²) in [5.41, 5.74) is -0.489. The molecule has 4 rings (SSSR count). The summed E-state index contributed by atoms with van der Waals surface area (Å²) in [7, 11) is -3.39. The Labute approximate surface area is 149 Å². The summed E-state index contributed by atoms with van der Waals surface area (Å²) < 4.78 is 45.5. The average Bonchev–Trinajstić information content (AvgIpc) is 3.07. The maximum absolute atomic E-state index is 13.0. The Balaban J connectivity index is 1.40. The third kappa shape index (κ3) is 3.10. The van der Waals surface area contributed by atoms with Gasteiger partial charge in [-0.2, -0.15) is 5.10 Å². The SMILES string of the molecule is O=C(c1ccc(F)cc1)N1CC2(C1)CS(=O)(=O)[C@@H](Cn1cncn1)CO2. The number of carbonyl (C=O) groups is 1. The number of ether oxygens (including phenoxy) is 1. The highest BCUT2D eigenvalue weighted by atomic mass is 32.2. The molecule has 1 aromatic heterocycles. The van der Waals surface area contributed by atoms with Gasteiger partial charge >= 0.3 is 0 Å². The van der Waals surface area contributed by atoms with Gasteiger partial charge in [-0.3, -0.25) is 9.48 Å². The molecule has 1 atom stereocenters. The Kier molecular flexibility index (Phi) is 4.03. The normalized spacial score (nSPS) is 23.6. The van der Waals surface area contributed by atoms with E-state index in [0.29, 0.717) is 5.56 Å². The van der Waals surface area contributed by atoms with Gasteiger partial charge in [0.2, 0.25) is 0 Å². The van der Waals surface area contributed by atoms with Crippen molar-refractivity contribution in [1.82, 2.24) is 19.7 Å². The molecule has 1 spiro atoms. The molecule has 1 aromatic carbocycles. The van der Waals surface area contributed by atoms with Gasteiger partial charge in [-0.15, -0.1) is 0 Å². The summed E-state index contributed by atoms with van der Waals surface area (Å²) in [5, 5.41) is 3.24. The number of nitrogens with zero attached hydrogens (tertiary/aromatic N) is 4. The molecule has 1 amide bonds. The second-order valence-corrected chi connectivity index (χ2v) is 8.99. The number of halogens is 1. The number of rotatable bonds is 3. The highest BCUT2D eigenvalue weighted by molar-refractivity contribution is 7.92. The van der Waals surface area contributed by atoms with Gasteiger partial charge in [0.25, 0.3) is 5.91 Å². The molecule has 3 heterocycles. The van der Waals surface area contributed by atoms with Crippen molar-refractivity contribution < 1.29 is 22.3 Å². The first-order chi connectivity index (χ1) is 12.4. The smallest absolute Gasteiger partial charge is 0.254 e. The van der Waals surface area contributed by atoms with Crippen molar-refractivity contribution in [3.05, 3.63) is 48.3 Å². The maximum Gasteiger partial charge on any atom is 0.254 e. The largest absolute Gasteiger partial charge is 0.369 e. The molecule has 0 N–H and O–H groups in total. The summed E-state index contributed by atoms with van der Waals surface area (Å²) in [5.74, 6) is -0.810. The minimum Gasteiger partial charge on any atom is -0.369 e. The monoisotopic (exact) mass is 380 g/mol. The van der Waals surface area contributed by atoms with Gasteiger partial charge in [-0.25, -0.2) is 17.8 Å². The molecule has 8 nitrogen and oxygen atoms in total. The van der Waals surface area contributed by atoms with E-state index in [1.165, 1.54) is 46.5 Å². The van der Waals surface area contributed by atoms with Gasteiger partial charge in [-0.05, 0) is 24.3 Å². The maximum atomic E-state index is 13.0. The highest BCUT2D eigenvalue weighted by Gasteiger charge is 2.53. The Morgan fingerprint density at radius 3 is 2.65 bits per heavy atom. The van der Waals surface area contributed by atoms with E-state index in [9.17, 15) is 17.6 Å². The zero-order valence-corrected chi connectivity index (χ0v) is 14.6. The van der Waals surface area contributed by atoms with Crippen LogP contribution in [0.1, 0.15) is 10.4 Å². The lowest BCUT2D eigenvalue weighted by molar-refractivity contribution is -0.121. The quantitative estimate of drug-likeness (QED) is 0.751. The van der Waals surface area contributed by atoms with Crippen LogP contribution < -0.4 is 0 Å². The van der Waals surface area contributed by atoms with Gasteiger partial charge in [-0.1, -0.05) is 0 Å². The van der Waals surface area contributed by atoms with Crippen molar-refractivity contribution >= 4 is 15.7 Å². The molecule has 2 saturated heterocycles. The van der Waals surface area contributed by atoms with Crippen LogP contribution in [0.4, 0.5) is 4.39 Å². The molecule has 0 saturated carbocycles. The van der Waals surface area contributed by atoms with Crippen molar-refractivity contribution in [2.45, 2.75) is 17.4 Å². The molecule has 0 radical (unpaired) electrons. The van der Waals surface area contributed by atoms with Crippen LogP contribution in [0.5, 0.6) is 0 Å². The number of carbonyl (C=O) groups excluding carboxylic acids is 1. The van der Waals surface area contributed by atoms with E-state index in [-0.39, 0.29) is 37.9 Å². The van der Waals surface area contributed by atoms with Gasteiger partial charge in [0, 0.05) is 5.56 Å². The molecule has 10 heteroatoms. The van der Waals surface area contributed by atoms with E-state index < -0.39 is 26.5 Å². The number of aromatic nitrogens is 3. The zero-order chi connectivity index (χ0) is 18.4. The van der Waals surface area contributed by atoms with Crippen molar-refractivity contribution in [3.8, 4) is 0 Å². The molecule has 26 heavy (non-hydrogen) atoms. The molecule has 2 aliphatic heterocycles. The predicted octanol–water partition coefficient (Wildman–Crippen LogP) is 0.126. The van der Waals surface area contributed by atoms with Crippen LogP contribution in [0.15, 0.2) is 36.9 Å². The number of hydrogen-bond donors (Lipinski definition) is 0. The minimum absolute atomic E-state index is 0.0563. The molecule has 2 fully saturated rings. The Morgan fingerprint density at radius 1 is 1.31 bits per heavy atom. The van der Waals surface area contributed by atoms with Crippen LogP contribution in [0.25, 0.3) is 0 Å². The summed E-state index contributed by atoms with van der Waals surface area (Å²) in [6.07, 6.45) is 2.81. The molecule has 2 aliphatic rings. The summed E-state index contributed by atoms with van der Waals surface area (Å²) >= 11 is 0. The Bertz CT molecular complexity index is 908. The van der Waals surface area contributed by atoms with Crippen LogP contribution in [0.2, 0.25) is 0 Å². The van der Waals surface area contributed by atoms with Crippen molar-refractivity contribution in [3.63, 3.8) is 0 Å². The third-order valence-electron chi connectivity index (χ3n) is 4.74. The molecule has 2 aromatic rings. The molecule has 138 valence electrons. The molecule has 0 aliphatic carbocycles. The molecular weight excluding hydrogens is 363 g/mol. The fourth-order valence-electron chi connectivity index (χ4n) is 3.35. The lowest BCUT2D eigenvalue weighted by Gasteiger charge is -2.52. The number of sulfone groups is 1. The van der Waals surface area contributed by atoms with Crippen molar-refractivity contribution in [2.24, 2.45) is 0 Å². The van der Waals surface area contributed by atoms with Crippen LogP contribution in [0.3, 0.4) is 0 Å². The van der Waals surface area contributed by atoms with Gasteiger partial charge < -0.3 is 9.64 Å². The highest BCUT2D eigenvalue weighted by Crippen LogP contribution is 2.33. The van der Waals surface area contributed by atoms with Gasteiger partial charge in [0.1, 0.15) is 29.3 Å². The van der Waals surface area contributed by atoms with Crippen LogP contribution >= 0.6 is 0 Å². The van der Waals surface area contributed by atoms with Gasteiger partial charge in [0.05, 0.1) is 32.0 Å². The average molecular weight is 380 g/mol. The summed E-state index contributed by atoms with van der Waals surface area (Å²) in [6.45, 7) is 0.661. The molecular formula is C16H17FN4O4S. The minimum atomic E-state index is -3.39. The first kappa shape index (κ1) is 17.1. The van der Waals surface area contributed by atoms with E-state index in [4.69, 9.17) is 4.74 Å². The second-order valence-electron chi connectivity index (χ2n) is 6.71. The van der Waals surface area contributed by atoms with Gasteiger partial charge in [0.15, 0.2) is 9.84 Å². The van der Waals surface area contributed by atoms with Crippen molar-refractivity contribution in [1.29, 1.82) is 0 Å². The summed E-state index contributed by atoms with van der Waals surface area (Å²) in [6, 6.07) is 5.27. The lowest BCUT2D eigenvalue weighted by atomic mass is 9.94. The zero-order valence-electron chi connectivity index (χ0n) is 13.8. The Hall–Kier alpha value is -2.33. The first-order valence-corrected chi connectivity index (χ1v) is 9.81. The third-order valence-corrected chi connectivity index (χ3v) is 6.97. The van der Waals surface area contributed by atoms with E-state index in [1.54, 1.807) is 0 Å². The van der Waals surface area contributed by atoms with Crippen LogP contribution in [-0.4, -0.2) is 70.3 Å². The van der Waals surface area contributed by atoms with E-state index >= 15 is 0 Å². The predicted molar refractivity (Wildman–Crippen MR) is 88.6 cm³/mol.